The fourth-order valence-corrected chi connectivity index (χ4v) is 1.06. The predicted molar refractivity (Wildman–Crippen MR) is 57.9 cm³/mol. The summed E-state index contributed by atoms with van der Waals surface area (Å²) in [6.07, 6.45) is 3.15. The maximum absolute atomic E-state index is 11.4. The molecular formula is C9H10N4O5. The van der Waals surface area contributed by atoms with Crippen molar-refractivity contribution in [2.24, 2.45) is 0 Å². The van der Waals surface area contributed by atoms with E-state index in [1.54, 1.807) is 0 Å². The van der Waals surface area contributed by atoms with Gasteiger partial charge in [0.1, 0.15) is 12.4 Å². The highest BCUT2D eigenvalue weighted by Gasteiger charge is 2.22. The summed E-state index contributed by atoms with van der Waals surface area (Å²) in [6.45, 7) is 0. The zero-order valence-corrected chi connectivity index (χ0v) is 9.03. The molecule has 1 aromatic heterocycles. The molecule has 0 saturated heterocycles. The lowest BCUT2D eigenvalue weighted by atomic mass is 10.2. The van der Waals surface area contributed by atoms with E-state index in [1.807, 2.05) is 5.32 Å². The zero-order chi connectivity index (χ0) is 13.5. The lowest BCUT2D eigenvalue weighted by Crippen LogP contribution is -2.44. The topological polar surface area (TPSA) is 142 Å². The molecule has 1 heterocycles. The molecule has 1 atom stereocenters. The summed E-state index contributed by atoms with van der Waals surface area (Å²) in [4.78, 5) is 39.7. The van der Waals surface area contributed by atoms with E-state index in [-0.39, 0.29) is 5.69 Å². The Morgan fingerprint density at radius 2 is 1.83 bits per heavy atom. The average Bonchev–Trinajstić information content (AvgIpc) is 2.28. The molecule has 0 aliphatic carbocycles. The maximum atomic E-state index is 11.4. The third kappa shape index (κ3) is 4.43. The monoisotopic (exact) mass is 254 g/mol. The smallest absolute Gasteiger partial charge is 0.326 e. The van der Waals surface area contributed by atoms with Crippen LogP contribution >= 0.6 is 0 Å². The number of amides is 2. The molecule has 0 fully saturated rings. The fourth-order valence-electron chi connectivity index (χ4n) is 1.06. The average molecular weight is 254 g/mol. The quantitative estimate of drug-likeness (QED) is 0.556. The standard InChI is InChI=1S/C9H10N4O5/c14-7(15)1-6(8(16)17)13-9(18)12-5-2-10-4-11-3-5/h2-4,6H,1H2,(H,14,15)(H,16,17)(H2,12,13,18)/t6-/m1/s1. The second kappa shape index (κ2) is 6.13. The van der Waals surface area contributed by atoms with Crippen molar-refractivity contribution in [3.8, 4) is 0 Å². The molecule has 9 nitrogen and oxygen atoms in total. The largest absolute Gasteiger partial charge is 0.481 e. The molecule has 0 bridgehead atoms. The Labute approximate surface area is 101 Å². The number of carboxylic acids is 2. The van der Waals surface area contributed by atoms with Gasteiger partial charge in [-0.2, -0.15) is 0 Å². The number of hydrogen-bond donors (Lipinski definition) is 4. The Hall–Kier alpha value is -2.71. The van der Waals surface area contributed by atoms with Crippen LogP contribution in [0.4, 0.5) is 10.5 Å². The number of rotatable bonds is 5. The van der Waals surface area contributed by atoms with E-state index >= 15 is 0 Å². The first-order chi connectivity index (χ1) is 8.49. The Morgan fingerprint density at radius 1 is 1.22 bits per heavy atom. The van der Waals surface area contributed by atoms with Crippen molar-refractivity contribution in [3.63, 3.8) is 0 Å². The molecule has 0 spiro atoms. The van der Waals surface area contributed by atoms with Crippen molar-refractivity contribution in [2.45, 2.75) is 12.5 Å². The van der Waals surface area contributed by atoms with Crippen molar-refractivity contribution in [1.82, 2.24) is 15.3 Å². The summed E-state index contributed by atoms with van der Waals surface area (Å²) in [6, 6.07) is -2.36. The molecule has 1 rings (SSSR count). The van der Waals surface area contributed by atoms with Crippen LogP contribution in [0.25, 0.3) is 0 Å². The highest BCUT2D eigenvalue weighted by molar-refractivity contribution is 5.93. The normalized spacial score (nSPS) is 11.3. The van der Waals surface area contributed by atoms with Crippen LogP contribution in [-0.2, 0) is 9.59 Å². The highest BCUT2D eigenvalue weighted by atomic mass is 16.4. The van der Waals surface area contributed by atoms with Gasteiger partial charge in [0.05, 0.1) is 24.5 Å². The summed E-state index contributed by atoms with van der Waals surface area (Å²) >= 11 is 0. The maximum Gasteiger partial charge on any atom is 0.326 e. The van der Waals surface area contributed by atoms with Gasteiger partial charge in [-0.05, 0) is 0 Å². The van der Waals surface area contributed by atoms with Gasteiger partial charge in [0, 0.05) is 0 Å². The van der Waals surface area contributed by atoms with Crippen molar-refractivity contribution in [3.05, 3.63) is 18.7 Å². The number of carboxylic acid groups (broad SMARTS) is 2. The van der Waals surface area contributed by atoms with Gasteiger partial charge in [-0.15, -0.1) is 0 Å². The Morgan fingerprint density at radius 3 is 2.33 bits per heavy atom. The van der Waals surface area contributed by atoms with Crippen molar-refractivity contribution < 1.29 is 24.6 Å². The number of urea groups is 1. The van der Waals surface area contributed by atoms with Gasteiger partial charge in [-0.1, -0.05) is 0 Å². The van der Waals surface area contributed by atoms with E-state index in [0.717, 1.165) is 0 Å². The van der Waals surface area contributed by atoms with Gasteiger partial charge >= 0.3 is 18.0 Å². The molecule has 0 aliphatic heterocycles. The number of aliphatic carboxylic acids is 2. The van der Waals surface area contributed by atoms with Gasteiger partial charge in [0.25, 0.3) is 0 Å². The minimum Gasteiger partial charge on any atom is -0.481 e. The van der Waals surface area contributed by atoms with Crippen LogP contribution in [0.15, 0.2) is 18.7 Å². The second-order valence-corrected chi connectivity index (χ2v) is 3.21. The van der Waals surface area contributed by atoms with Gasteiger partial charge in [0.15, 0.2) is 0 Å². The van der Waals surface area contributed by atoms with Crippen LogP contribution in [0.2, 0.25) is 0 Å². The van der Waals surface area contributed by atoms with Crippen LogP contribution < -0.4 is 10.6 Å². The molecule has 18 heavy (non-hydrogen) atoms. The first-order valence-corrected chi connectivity index (χ1v) is 4.76. The fraction of sp³-hybridized carbons (Fsp3) is 0.222. The van der Waals surface area contributed by atoms with Crippen molar-refractivity contribution in [1.29, 1.82) is 0 Å². The number of carbonyl (C=O) groups excluding carboxylic acids is 1. The molecule has 0 aliphatic rings. The number of nitrogens with zero attached hydrogens (tertiary/aromatic N) is 2. The van der Waals surface area contributed by atoms with E-state index in [1.165, 1.54) is 18.7 Å². The van der Waals surface area contributed by atoms with Crippen LogP contribution in [-0.4, -0.2) is 44.2 Å². The van der Waals surface area contributed by atoms with E-state index in [9.17, 15) is 14.4 Å². The number of carbonyl (C=O) groups is 3. The molecule has 9 heteroatoms. The molecule has 96 valence electrons. The van der Waals surface area contributed by atoms with Gasteiger partial charge in [-0.25, -0.2) is 19.6 Å². The first-order valence-electron chi connectivity index (χ1n) is 4.76. The summed E-state index contributed by atoms with van der Waals surface area (Å²) < 4.78 is 0. The second-order valence-electron chi connectivity index (χ2n) is 3.21. The van der Waals surface area contributed by atoms with E-state index in [0.29, 0.717) is 0 Å². The van der Waals surface area contributed by atoms with Crippen LogP contribution in [0.3, 0.4) is 0 Å². The summed E-state index contributed by atoms with van der Waals surface area (Å²) in [5.74, 6) is -2.76. The number of anilines is 1. The van der Waals surface area contributed by atoms with Crippen molar-refractivity contribution in [2.75, 3.05) is 5.32 Å². The van der Waals surface area contributed by atoms with E-state index in [2.05, 4.69) is 15.3 Å². The van der Waals surface area contributed by atoms with Crippen LogP contribution in [0.1, 0.15) is 6.42 Å². The molecule has 0 saturated carbocycles. The third-order valence-electron chi connectivity index (χ3n) is 1.80. The third-order valence-corrected chi connectivity index (χ3v) is 1.80. The Bertz CT molecular complexity index is 450. The summed E-state index contributed by atoms with van der Waals surface area (Å²) in [5.41, 5.74) is 0.259. The molecule has 4 N–H and O–H groups in total. The van der Waals surface area contributed by atoms with Crippen LogP contribution in [0, 0.1) is 0 Å². The van der Waals surface area contributed by atoms with E-state index in [4.69, 9.17) is 10.2 Å². The van der Waals surface area contributed by atoms with E-state index < -0.39 is 30.4 Å². The van der Waals surface area contributed by atoms with Crippen molar-refractivity contribution >= 4 is 23.7 Å². The number of hydrogen-bond acceptors (Lipinski definition) is 5. The molecule has 2 amide bonds. The Balaban J connectivity index is 2.56. The van der Waals surface area contributed by atoms with Gasteiger partial charge < -0.3 is 20.8 Å². The lowest BCUT2D eigenvalue weighted by Gasteiger charge is -2.12. The molecular weight excluding hydrogens is 244 g/mol. The number of nitrogens with one attached hydrogen (secondary N) is 2. The minimum absolute atomic E-state index is 0.259. The number of aromatic nitrogens is 2. The summed E-state index contributed by atoms with van der Waals surface area (Å²) in [5, 5.41) is 21.5. The predicted octanol–water partition coefficient (Wildman–Crippen LogP) is -0.474. The summed E-state index contributed by atoms with van der Waals surface area (Å²) in [7, 11) is 0. The van der Waals surface area contributed by atoms with Crippen LogP contribution in [0.5, 0.6) is 0 Å². The first kappa shape index (κ1) is 13.4. The zero-order valence-electron chi connectivity index (χ0n) is 9.03. The highest BCUT2D eigenvalue weighted by Crippen LogP contribution is 2.00. The molecule has 0 unspecified atom stereocenters. The lowest BCUT2D eigenvalue weighted by molar-refractivity contribution is -0.145. The Kier molecular flexibility index (Phi) is 4.55. The van der Waals surface area contributed by atoms with Gasteiger partial charge in [-0.3, -0.25) is 4.79 Å². The molecule has 0 aromatic carbocycles. The minimum atomic E-state index is -1.51. The SMILES string of the molecule is O=C(O)C[C@@H](NC(=O)Nc1cncnc1)C(=O)O. The molecule has 1 aromatic rings. The van der Waals surface area contributed by atoms with Gasteiger partial charge in [0.2, 0.25) is 0 Å². The molecule has 0 radical (unpaired) electrons.